The number of hydrogen-bond donors (Lipinski definition) is 0. The zero-order valence-electron chi connectivity index (χ0n) is 11.1. The highest BCUT2D eigenvalue weighted by molar-refractivity contribution is 7.60. The summed E-state index contributed by atoms with van der Waals surface area (Å²) in [6, 6.07) is 8.38. The van der Waals surface area contributed by atoms with Gasteiger partial charge in [0.05, 0.1) is 5.66 Å². The van der Waals surface area contributed by atoms with E-state index in [1.807, 2.05) is 6.07 Å². The predicted molar refractivity (Wildman–Crippen MR) is 75.1 cm³/mol. The first kappa shape index (κ1) is 12.8. The maximum Gasteiger partial charge on any atom is 0.148 e. The molecule has 0 amide bonds. The van der Waals surface area contributed by atoms with Gasteiger partial charge in [-0.25, -0.2) is 0 Å². The molecule has 0 bridgehead atoms. The SMILES string of the molecule is CC(C)P(C(C)C)C1C(=O)Cc2ccccc21. The Labute approximate surface area is 105 Å². The monoisotopic (exact) mass is 248 g/mol. The summed E-state index contributed by atoms with van der Waals surface area (Å²) in [6.45, 7) is 9.06. The summed E-state index contributed by atoms with van der Waals surface area (Å²) in [5.41, 5.74) is 4.00. The lowest BCUT2D eigenvalue weighted by molar-refractivity contribution is -0.117. The van der Waals surface area contributed by atoms with E-state index >= 15 is 0 Å². The van der Waals surface area contributed by atoms with Crippen molar-refractivity contribution in [3.05, 3.63) is 35.4 Å². The largest absolute Gasteiger partial charge is 0.298 e. The molecule has 0 radical (unpaired) electrons. The van der Waals surface area contributed by atoms with Gasteiger partial charge in [0.1, 0.15) is 5.78 Å². The lowest BCUT2D eigenvalue weighted by atomic mass is 10.1. The smallest absolute Gasteiger partial charge is 0.148 e. The van der Waals surface area contributed by atoms with Crippen molar-refractivity contribution in [1.29, 1.82) is 0 Å². The Morgan fingerprint density at radius 1 is 1.12 bits per heavy atom. The van der Waals surface area contributed by atoms with Crippen LogP contribution in [0.3, 0.4) is 0 Å². The van der Waals surface area contributed by atoms with Crippen molar-refractivity contribution in [2.24, 2.45) is 0 Å². The van der Waals surface area contributed by atoms with Crippen LogP contribution in [0, 0.1) is 0 Å². The summed E-state index contributed by atoms with van der Waals surface area (Å²) < 4.78 is 0. The Kier molecular flexibility index (Phi) is 3.68. The molecule has 0 heterocycles. The molecule has 17 heavy (non-hydrogen) atoms. The molecule has 0 fully saturated rings. The summed E-state index contributed by atoms with van der Waals surface area (Å²) in [6.07, 6.45) is 0.652. The van der Waals surface area contributed by atoms with Gasteiger partial charge in [-0.15, -0.1) is 0 Å². The quantitative estimate of drug-likeness (QED) is 0.734. The number of hydrogen-bond acceptors (Lipinski definition) is 1. The second-order valence-corrected chi connectivity index (χ2v) is 8.86. The molecule has 1 aliphatic carbocycles. The second-order valence-electron chi connectivity index (χ2n) is 5.38. The van der Waals surface area contributed by atoms with Crippen LogP contribution in [-0.2, 0) is 11.2 Å². The van der Waals surface area contributed by atoms with Crippen LogP contribution in [0.4, 0.5) is 0 Å². The van der Waals surface area contributed by atoms with Crippen LogP contribution in [0.15, 0.2) is 24.3 Å². The van der Waals surface area contributed by atoms with E-state index in [9.17, 15) is 4.79 Å². The molecule has 1 aliphatic rings. The maximum absolute atomic E-state index is 12.3. The summed E-state index contributed by atoms with van der Waals surface area (Å²) >= 11 is 0. The fourth-order valence-corrected chi connectivity index (χ4v) is 6.32. The van der Waals surface area contributed by atoms with E-state index in [1.165, 1.54) is 11.1 Å². The Morgan fingerprint density at radius 2 is 1.71 bits per heavy atom. The van der Waals surface area contributed by atoms with Crippen molar-refractivity contribution in [2.45, 2.75) is 51.1 Å². The second kappa shape index (κ2) is 4.90. The van der Waals surface area contributed by atoms with Gasteiger partial charge in [-0.3, -0.25) is 4.79 Å². The van der Waals surface area contributed by atoms with E-state index in [0.717, 1.165) is 0 Å². The van der Waals surface area contributed by atoms with Crippen molar-refractivity contribution < 1.29 is 4.79 Å². The summed E-state index contributed by atoms with van der Waals surface area (Å²) in [5, 5.41) is 0. The molecule has 0 aromatic heterocycles. The molecule has 1 aromatic carbocycles. The minimum atomic E-state index is -0.255. The third kappa shape index (κ3) is 2.31. The van der Waals surface area contributed by atoms with Gasteiger partial charge in [-0.1, -0.05) is 59.9 Å². The Bertz CT molecular complexity index is 415. The standard InChI is InChI=1S/C15H21OP/c1-10(2)17(11(3)4)15-13-8-6-5-7-12(13)9-14(15)16/h5-8,10-11,15H,9H2,1-4H3. The van der Waals surface area contributed by atoms with Crippen molar-refractivity contribution in [2.75, 3.05) is 0 Å². The van der Waals surface area contributed by atoms with Gasteiger partial charge in [0, 0.05) is 6.42 Å². The Morgan fingerprint density at radius 3 is 2.29 bits per heavy atom. The van der Waals surface area contributed by atoms with Gasteiger partial charge in [0.15, 0.2) is 0 Å². The highest BCUT2D eigenvalue weighted by Gasteiger charge is 2.38. The van der Waals surface area contributed by atoms with Crippen molar-refractivity contribution >= 4 is 13.7 Å². The van der Waals surface area contributed by atoms with Crippen LogP contribution in [0.5, 0.6) is 0 Å². The fraction of sp³-hybridized carbons (Fsp3) is 0.533. The normalized spacial score (nSPS) is 19.5. The minimum Gasteiger partial charge on any atom is -0.298 e. The summed E-state index contributed by atoms with van der Waals surface area (Å²) in [5.74, 6) is 0.444. The molecule has 0 saturated heterocycles. The molecule has 92 valence electrons. The summed E-state index contributed by atoms with van der Waals surface area (Å²) in [4.78, 5) is 12.3. The van der Waals surface area contributed by atoms with Gasteiger partial charge < -0.3 is 0 Å². The number of ketones is 1. The molecular weight excluding hydrogens is 227 g/mol. The third-order valence-electron chi connectivity index (χ3n) is 3.51. The lowest BCUT2D eigenvalue weighted by Crippen LogP contribution is -2.15. The highest BCUT2D eigenvalue weighted by Crippen LogP contribution is 2.61. The van der Waals surface area contributed by atoms with Crippen molar-refractivity contribution in [3.63, 3.8) is 0 Å². The molecule has 2 rings (SSSR count). The zero-order valence-corrected chi connectivity index (χ0v) is 12.0. The van der Waals surface area contributed by atoms with E-state index in [4.69, 9.17) is 0 Å². The molecule has 0 saturated carbocycles. The highest BCUT2D eigenvalue weighted by atomic mass is 31.1. The molecule has 1 aromatic rings. The van der Waals surface area contributed by atoms with Crippen LogP contribution >= 0.6 is 7.92 Å². The molecule has 1 unspecified atom stereocenters. The van der Waals surface area contributed by atoms with Crippen LogP contribution in [0.25, 0.3) is 0 Å². The molecule has 2 heteroatoms. The zero-order chi connectivity index (χ0) is 12.6. The molecule has 0 aliphatic heterocycles. The Balaban J connectivity index is 2.41. The lowest BCUT2D eigenvalue weighted by Gasteiger charge is -2.31. The van der Waals surface area contributed by atoms with Crippen molar-refractivity contribution in [1.82, 2.24) is 0 Å². The molecule has 0 spiro atoms. The van der Waals surface area contributed by atoms with E-state index in [2.05, 4.69) is 45.9 Å². The number of rotatable bonds is 3. The first-order valence-corrected chi connectivity index (χ1v) is 7.95. The molecular formula is C15H21OP. The van der Waals surface area contributed by atoms with E-state index in [-0.39, 0.29) is 13.6 Å². The van der Waals surface area contributed by atoms with E-state index in [1.54, 1.807) is 0 Å². The van der Waals surface area contributed by atoms with Gasteiger partial charge in [0.25, 0.3) is 0 Å². The number of carbonyl (C=O) groups excluding carboxylic acids is 1. The van der Waals surface area contributed by atoms with E-state index in [0.29, 0.717) is 23.5 Å². The number of carbonyl (C=O) groups is 1. The van der Waals surface area contributed by atoms with Crippen LogP contribution < -0.4 is 0 Å². The van der Waals surface area contributed by atoms with Crippen LogP contribution in [0.1, 0.15) is 44.5 Å². The van der Waals surface area contributed by atoms with Gasteiger partial charge in [0.2, 0.25) is 0 Å². The molecule has 1 atom stereocenters. The van der Waals surface area contributed by atoms with Crippen molar-refractivity contribution in [3.8, 4) is 0 Å². The first-order valence-electron chi connectivity index (χ1n) is 6.40. The third-order valence-corrected chi connectivity index (χ3v) is 7.06. The van der Waals surface area contributed by atoms with Gasteiger partial charge in [-0.05, 0) is 22.4 Å². The molecule has 1 nitrogen and oxygen atoms in total. The number of Topliss-reactive ketones (excluding diaryl/α,β-unsaturated/α-hetero) is 1. The fourth-order valence-electron chi connectivity index (χ4n) is 2.94. The Hall–Kier alpha value is -0.680. The number of benzene rings is 1. The van der Waals surface area contributed by atoms with E-state index < -0.39 is 0 Å². The van der Waals surface area contributed by atoms with Crippen LogP contribution in [-0.4, -0.2) is 17.1 Å². The summed E-state index contributed by atoms with van der Waals surface area (Å²) in [7, 11) is -0.255. The number of fused-ring (bicyclic) bond motifs is 1. The first-order chi connectivity index (χ1) is 8.02. The van der Waals surface area contributed by atoms with Crippen LogP contribution in [0.2, 0.25) is 0 Å². The topological polar surface area (TPSA) is 17.1 Å². The average Bonchev–Trinajstić information content (AvgIpc) is 2.55. The molecule has 0 N–H and O–H groups in total. The van der Waals surface area contributed by atoms with Gasteiger partial charge >= 0.3 is 0 Å². The maximum atomic E-state index is 12.3. The van der Waals surface area contributed by atoms with Gasteiger partial charge in [-0.2, -0.15) is 0 Å². The predicted octanol–water partition coefficient (Wildman–Crippen LogP) is 4.15. The minimum absolute atomic E-state index is 0.196. The average molecular weight is 248 g/mol.